The number of hydrogen-bond donors (Lipinski definition) is 1. The Kier molecular flexibility index (Phi) is 3.25. The smallest absolute Gasteiger partial charge is 0.253 e. The SMILES string of the molecule is NCC1CCCN1C(=O)C1=Cc2ccccc2OC1. The van der Waals surface area contributed by atoms with Gasteiger partial charge in [0, 0.05) is 24.7 Å². The summed E-state index contributed by atoms with van der Waals surface area (Å²) in [7, 11) is 0. The first-order valence-corrected chi connectivity index (χ1v) is 6.73. The van der Waals surface area contributed by atoms with Crippen molar-refractivity contribution in [3.05, 3.63) is 35.4 Å². The summed E-state index contributed by atoms with van der Waals surface area (Å²) in [6.45, 7) is 1.69. The van der Waals surface area contributed by atoms with E-state index >= 15 is 0 Å². The highest BCUT2D eigenvalue weighted by molar-refractivity contribution is 5.99. The fraction of sp³-hybridized carbons (Fsp3) is 0.400. The minimum absolute atomic E-state index is 0.0717. The summed E-state index contributed by atoms with van der Waals surface area (Å²) in [5, 5.41) is 0. The Morgan fingerprint density at radius 2 is 2.26 bits per heavy atom. The highest BCUT2D eigenvalue weighted by Crippen LogP contribution is 2.28. The molecule has 4 heteroatoms. The zero-order valence-corrected chi connectivity index (χ0v) is 10.8. The first-order valence-electron chi connectivity index (χ1n) is 6.73. The normalized spacial score (nSPS) is 21.6. The summed E-state index contributed by atoms with van der Waals surface area (Å²) >= 11 is 0. The van der Waals surface area contributed by atoms with Gasteiger partial charge in [0.05, 0.1) is 5.57 Å². The van der Waals surface area contributed by atoms with Crippen LogP contribution in [0.3, 0.4) is 0 Å². The molecule has 0 aliphatic carbocycles. The molecule has 1 aromatic rings. The van der Waals surface area contributed by atoms with E-state index in [2.05, 4.69) is 0 Å². The van der Waals surface area contributed by atoms with Crippen LogP contribution in [0, 0.1) is 0 Å². The van der Waals surface area contributed by atoms with Crippen molar-refractivity contribution < 1.29 is 9.53 Å². The van der Waals surface area contributed by atoms with E-state index in [1.54, 1.807) is 0 Å². The minimum Gasteiger partial charge on any atom is -0.488 e. The van der Waals surface area contributed by atoms with E-state index in [1.165, 1.54) is 0 Å². The van der Waals surface area contributed by atoms with Gasteiger partial charge >= 0.3 is 0 Å². The number of likely N-dealkylation sites (tertiary alicyclic amines) is 1. The predicted octanol–water partition coefficient (Wildman–Crippen LogP) is 1.41. The Hall–Kier alpha value is -1.81. The van der Waals surface area contributed by atoms with Crippen LogP contribution >= 0.6 is 0 Å². The van der Waals surface area contributed by atoms with Gasteiger partial charge in [0.1, 0.15) is 12.4 Å². The van der Waals surface area contributed by atoms with Crippen molar-refractivity contribution in [1.29, 1.82) is 0 Å². The fourth-order valence-electron chi connectivity index (χ4n) is 2.77. The molecule has 0 aromatic heterocycles. The number of carbonyl (C=O) groups is 1. The third kappa shape index (κ3) is 2.24. The quantitative estimate of drug-likeness (QED) is 0.872. The van der Waals surface area contributed by atoms with Gasteiger partial charge in [-0.15, -0.1) is 0 Å². The Balaban J connectivity index is 1.84. The second-order valence-corrected chi connectivity index (χ2v) is 5.03. The summed E-state index contributed by atoms with van der Waals surface area (Å²) in [4.78, 5) is 14.4. The van der Waals surface area contributed by atoms with Gasteiger partial charge in [0.15, 0.2) is 0 Å². The zero-order valence-electron chi connectivity index (χ0n) is 10.8. The van der Waals surface area contributed by atoms with E-state index in [9.17, 15) is 4.79 Å². The van der Waals surface area contributed by atoms with E-state index in [4.69, 9.17) is 10.5 Å². The number of para-hydroxylation sites is 1. The highest BCUT2D eigenvalue weighted by Gasteiger charge is 2.30. The van der Waals surface area contributed by atoms with Gasteiger partial charge in [0.2, 0.25) is 0 Å². The van der Waals surface area contributed by atoms with Crippen molar-refractivity contribution in [3.8, 4) is 5.75 Å². The summed E-state index contributed by atoms with van der Waals surface area (Å²) in [6, 6.07) is 7.96. The van der Waals surface area contributed by atoms with Crippen LogP contribution in [0.25, 0.3) is 6.08 Å². The van der Waals surface area contributed by atoms with Gasteiger partial charge in [-0.2, -0.15) is 0 Å². The third-order valence-corrected chi connectivity index (χ3v) is 3.82. The van der Waals surface area contributed by atoms with E-state index < -0.39 is 0 Å². The van der Waals surface area contributed by atoms with Gasteiger partial charge in [-0.25, -0.2) is 0 Å². The molecule has 100 valence electrons. The van der Waals surface area contributed by atoms with Crippen LogP contribution in [0.2, 0.25) is 0 Å². The molecule has 2 N–H and O–H groups in total. The molecule has 1 unspecified atom stereocenters. The predicted molar refractivity (Wildman–Crippen MR) is 73.7 cm³/mol. The average molecular weight is 258 g/mol. The molecule has 0 radical (unpaired) electrons. The Labute approximate surface area is 112 Å². The Morgan fingerprint density at radius 3 is 3.11 bits per heavy atom. The van der Waals surface area contributed by atoms with Gasteiger partial charge in [0.25, 0.3) is 5.91 Å². The first kappa shape index (κ1) is 12.2. The number of carbonyl (C=O) groups excluding carboxylic acids is 1. The van der Waals surface area contributed by atoms with Crippen LogP contribution in [0.1, 0.15) is 18.4 Å². The molecule has 19 heavy (non-hydrogen) atoms. The summed E-state index contributed by atoms with van der Waals surface area (Å²) < 4.78 is 5.64. The topological polar surface area (TPSA) is 55.6 Å². The highest BCUT2D eigenvalue weighted by atomic mass is 16.5. The molecule has 0 spiro atoms. The van der Waals surface area contributed by atoms with Crippen molar-refractivity contribution in [1.82, 2.24) is 4.90 Å². The number of hydrogen-bond acceptors (Lipinski definition) is 3. The van der Waals surface area contributed by atoms with Crippen LogP contribution in [0.4, 0.5) is 0 Å². The lowest BCUT2D eigenvalue weighted by Crippen LogP contribution is -2.41. The molecule has 1 fully saturated rings. The van der Waals surface area contributed by atoms with Crippen LogP contribution in [0.5, 0.6) is 5.75 Å². The molecule has 1 aromatic carbocycles. The standard InChI is InChI=1S/C15H18N2O2/c16-9-13-5-3-7-17(13)15(18)12-8-11-4-1-2-6-14(11)19-10-12/h1-2,4,6,8,13H,3,5,7,9-10,16H2. The number of nitrogens with two attached hydrogens (primary N) is 1. The maximum absolute atomic E-state index is 12.5. The molecule has 1 amide bonds. The van der Waals surface area contributed by atoms with E-state index in [-0.39, 0.29) is 11.9 Å². The Morgan fingerprint density at radius 1 is 1.42 bits per heavy atom. The van der Waals surface area contributed by atoms with Crippen molar-refractivity contribution in [2.24, 2.45) is 5.73 Å². The van der Waals surface area contributed by atoms with Crippen molar-refractivity contribution in [2.45, 2.75) is 18.9 Å². The number of benzene rings is 1. The largest absolute Gasteiger partial charge is 0.488 e. The van der Waals surface area contributed by atoms with E-state index in [0.717, 1.165) is 36.3 Å². The molecule has 0 saturated carbocycles. The maximum atomic E-state index is 12.5. The third-order valence-electron chi connectivity index (χ3n) is 3.82. The number of fused-ring (bicyclic) bond motifs is 1. The molecule has 2 aliphatic rings. The van der Waals surface area contributed by atoms with Gasteiger partial charge < -0.3 is 15.4 Å². The fourth-order valence-corrected chi connectivity index (χ4v) is 2.77. The Bertz CT molecular complexity index is 525. The molecule has 2 heterocycles. The van der Waals surface area contributed by atoms with Gasteiger partial charge in [-0.3, -0.25) is 4.79 Å². The minimum atomic E-state index is 0.0717. The van der Waals surface area contributed by atoms with Gasteiger partial charge in [-0.05, 0) is 25.0 Å². The second-order valence-electron chi connectivity index (χ2n) is 5.03. The molecule has 0 bridgehead atoms. The van der Waals surface area contributed by atoms with Gasteiger partial charge in [-0.1, -0.05) is 18.2 Å². The molecule has 1 atom stereocenters. The number of nitrogens with zero attached hydrogens (tertiary/aromatic N) is 1. The van der Waals surface area contributed by atoms with Crippen molar-refractivity contribution in [2.75, 3.05) is 19.7 Å². The van der Waals surface area contributed by atoms with Crippen LogP contribution in [-0.4, -0.2) is 36.5 Å². The molecular weight excluding hydrogens is 240 g/mol. The molecule has 1 saturated heterocycles. The second kappa shape index (κ2) is 5.05. The summed E-state index contributed by atoms with van der Waals surface area (Å²) in [5.41, 5.74) is 7.42. The lowest BCUT2D eigenvalue weighted by atomic mass is 10.1. The van der Waals surface area contributed by atoms with Crippen LogP contribution in [0.15, 0.2) is 29.8 Å². The van der Waals surface area contributed by atoms with E-state index in [0.29, 0.717) is 13.2 Å². The first-order chi connectivity index (χ1) is 9.29. The molecule has 2 aliphatic heterocycles. The van der Waals surface area contributed by atoms with Crippen LogP contribution < -0.4 is 10.5 Å². The summed E-state index contributed by atoms with van der Waals surface area (Å²) in [5.74, 6) is 0.915. The number of ether oxygens (including phenoxy) is 1. The average Bonchev–Trinajstić information content (AvgIpc) is 2.94. The zero-order chi connectivity index (χ0) is 13.2. The molecule has 3 rings (SSSR count). The maximum Gasteiger partial charge on any atom is 0.253 e. The lowest BCUT2D eigenvalue weighted by Gasteiger charge is -2.26. The lowest BCUT2D eigenvalue weighted by molar-refractivity contribution is -0.128. The van der Waals surface area contributed by atoms with Crippen LogP contribution in [-0.2, 0) is 4.79 Å². The number of amides is 1. The van der Waals surface area contributed by atoms with Crippen molar-refractivity contribution >= 4 is 12.0 Å². The molecule has 4 nitrogen and oxygen atoms in total. The molecular formula is C15H18N2O2. The number of rotatable bonds is 2. The van der Waals surface area contributed by atoms with Crippen molar-refractivity contribution in [3.63, 3.8) is 0 Å². The van der Waals surface area contributed by atoms with E-state index in [1.807, 2.05) is 35.2 Å². The monoisotopic (exact) mass is 258 g/mol. The summed E-state index contributed by atoms with van der Waals surface area (Å²) in [6.07, 6.45) is 3.98.